The second-order valence-electron chi connectivity index (χ2n) is 6.08. The van der Waals surface area contributed by atoms with Gasteiger partial charge >= 0.3 is 0 Å². The Bertz CT molecular complexity index is 235. The molecule has 3 heteroatoms. The Morgan fingerprint density at radius 1 is 1.22 bits per heavy atom. The molecule has 1 saturated heterocycles. The van der Waals surface area contributed by atoms with E-state index in [1.807, 2.05) is 0 Å². The lowest BCUT2D eigenvalue weighted by Crippen LogP contribution is -2.41. The van der Waals surface area contributed by atoms with Gasteiger partial charge in [-0.3, -0.25) is 0 Å². The molecule has 1 aliphatic carbocycles. The first kappa shape index (κ1) is 14.3. The molecule has 2 fully saturated rings. The van der Waals surface area contributed by atoms with Crippen LogP contribution in [0.1, 0.15) is 51.9 Å². The topological polar surface area (TPSA) is 38.5 Å². The number of hydrogen-bond donors (Lipinski definition) is 1. The van der Waals surface area contributed by atoms with Crippen LogP contribution in [0.15, 0.2) is 0 Å². The molecule has 0 radical (unpaired) electrons. The van der Waals surface area contributed by atoms with E-state index in [2.05, 4.69) is 11.8 Å². The van der Waals surface area contributed by atoms with Crippen molar-refractivity contribution in [1.82, 2.24) is 4.90 Å². The first-order chi connectivity index (χ1) is 8.79. The third-order valence-electron chi connectivity index (χ3n) is 4.55. The largest absolute Gasteiger partial charge is 0.377 e. The average molecular weight is 254 g/mol. The van der Waals surface area contributed by atoms with Crippen LogP contribution in [0.3, 0.4) is 0 Å². The third-order valence-corrected chi connectivity index (χ3v) is 4.55. The molecule has 0 aromatic heterocycles. The van der Waals surface area contributed by atoms with Crippen LogP contribution in [0.25, 0.3) is 0 Å². The SMILES string of the molecule is CCCOC1CCCN(CCC2CCCC2N)C1. The minimum Gasteiger partial charge on any atom is -0.377 e. The molecule has 0 spiro atoms. The molecule has 3 unspecified atom stereocenters. The molecule has 1 aliphatic heterocycles. The summed E-state index contributed by atoms with van der Waals surface area (Å²) in [5.74, 6) is 0.780. The number of ether oxygens (including phenoxy) is 1. The van der Waals surface area contributed by atoms with Gasteiger partial charge < -0.3 is 15.4 Å². The Morgan fingerprint density at radius 2 is 2.11 bits per heavy atom. The lowest BCUT2D eigenvalue weighted by atomic mass is 9.99. The van der Waals surface area contributed by atoms with Crippen molar-refractivity contribution in [2.45, 2.75) is 64.0 Å². The zero-order chi connectivity index (χ0) is 12.8. The molecule has 18 heavy (non-hydrogen) atoms. The summed E-state index contributed by atoms with van der Waals surface area (Å²) in [5, 5.41) is 0. The summed E-state index contributed by atoms with van der Waals surface area (Å²) in [6, 6.07) is 0.474. The highest BCUT2D eigenvalue weighted by molar-refractivity contribution is 4.82. The molecule has 3 atom stereocenters. The van der Waals surface area contributed by atoms with E-state index in [1.165, 1.54) is 51.6 Å². The Balaban J connectivity index is 1.65. The average Bonchev–Trinajstić information content (AvgIpc) is 2.80. The number of piperidine rings is 1. The maximum absolute atomic E-state index is 6.14. The molecule has 0 aromatic rings. The van der Waals surface area contributed by atoms with Crippen molar-refractivity contribution in [3.63, 3.8) is 0 Å². The van der Waals surface area contributed by atoms with Gasteiger partial charge in [0.2, 0.25) is 0 Å². The summed E-state index contributed by atoms with van der Waals surface area (Å²) in [5.41, 5.74) is 6.14. The van der Waals surface area contributed by atoms with Crippen LogP contribution in [0, 0.1) is 5.92 Å². The van der Waals surface area contributed by atoms with Gasteiger partial charge in [0, 0.05) is 19.2 Å². The van der Waals surface area contributed by atoms with Gasteiger partial charge in [0.25, 0.3) is 0 Å². The van der Waals surface area contributed by atoms with E-state index in [0.717, 1.165) is 25.5 Å². The Labute approximate surface area is 112 Å². The molecule has 0 amide bonds. The monoisotopic (exact) mass is 254 g/mol. The Hall–Kier alpha value is -0.120. The molecule has 2 rings (SSSR count). The number of rotatable bonds is 6. The van der Waals surface area contributed by atoms with Gasteiger partial charge in [0.05, 0.1) is 6.10 Å². The highest BCUT2D eigenvalue weighted by Crippen LogP contribution is 2.27. The summed E-state index contributed by atoms with van der Waals surface area (Å²) in [6.07, 6.45) is 9.39. The fourth-order valence-corrected chi connectivity index (χ4v) is 3.41. The third kappa shape index (κ3) is 4.22. The highest BCUT2D eigenvalue weighted by Gasteiger charge is 2.25. The molecule has 1 heterocycles. The van der Waals surface area contributed by atoms with Crippen LogP contribution >= 0.6 is 0 Å². The number of hydrogen-bond acceptors (Lipinski definition) is 3. The van der Waals surface area contributed by atoms with E-state index in [9.17, 15) is 0 Å². The fraction of sp³-hybridized carbons (Fsp3) is 1.00. The van der Waals surface area contributed by atoms with Crippen LogP contribution in [0.4, 0.5) is 0 Å². The van der Waals surface area contributed by atoms with Crippen molar-refractivity contribution in [2.24, 2.45) is 11.7 Å². The van der Waals surface area contributed by atoms with Crippen LogP contribution in [-0.2, 0) is 4.74 Å². The van der Waals surface area contributed by atoms with Crippen molar-refractivity contribution in [1.29, 1.82) is 0 Å². The number of nitrogens with two attached hydrogens (primary N) is 1. The molecule has 1 saturated carbocycles. The molecular formula is C15H30N2O. The normalized spacial score (nSPS) is 34.0. The van der Waals surface area contributed by atoms with Crippen molar-refractivity contribution in [3.05, 3.63) is 0 Å². The lowest BCUT2D eigenvalue weighted by molar-refractivity contribution is -0.00131. The number of nitrogens with zero attached hydrogens (tertiary/aromatic N) is 1. The van der Waals surface area contributed by atoms with Crippen molar-refractivity contribution >= 4 is 0 Å². The molecule has 106 valence electrons. The minimum atomic E-state index is 0.474. The molecule has 0 bridgehead atoms. The van der Waals surface area contributed by atoms with E-state index in [1.54, 1.807) is 0 Å². The van der Waals surface area contributed by atoms with Crippen LogP contribution < -0.4 is 5.73 Å². The van der Waals surface area contributed by atoms with Gasteiger partial charge in [0.15, 0.2) is 0 Å². The molecule has 0 aromatic carbocycles. The summed E-state index contributed by atoms with van der Waals surface area (Å²) in [6.45, 7) is 6.73. The molecule has 2 aliphatic rings. The summed E-state index contributed by atoms with van der Waals surface area (Å²) >= 11 is 0. The van der Waals surface area contributed by atoms with Gasteiger partial charge in [-0.2, -0.15) is 0 Å². The van der Waals surface area contributed by atoms with E-state index >= 15 is 0 Å². The van der Waals surface area contributed by atoms with Crippen molar-refractivity contribution in [3.8, 4) is 0 Å². The Morgan fingerprint density at radius 3 is 2.83 bits per heavy atom. The predicted molar refractivity (Wildman–Crippen MR) is 75.6 cm³/mol. The maximum Gasteiger partial charge on any atom is 0.0702 e. The first-order valence-corrected chi connectivity index (χ1v) is 7.89. The predicted octanol–water partition coefficient (Wildman–Crippen LogP) is 2.39. The number of likely N-dealkylation sites (tertiary alicyclic amines) is 1. The van der Waals surface area contributed by atoms with Gasteiger partial charge in [-0.15, -0.1) is 0 Å². The van der Waals surface area contributed by atoms with Crippen LogP contribution in [-0.4, -0.2) is 43.3 Å². The summed E-state index contributed by atoms with van der Waals surface area (Å²) in [4.78, 5) is 2.59. The van der Waals surface area contributed by atoms with Crippen LogP contribution in [0.2, 0.25) is 0 Å². The van der Waals surface area contributed by atoms with E-state index < -0.39 is 0 Å². The van der Waals surface area contributed by atoms with E-state index in [-0.39, 0.29) is 0 Å². The van der Waals surface area contributed by atoms with Crippen LogP contribution in [0.5, 0.6) is 0 Å². The molecule has 3 nitrogen and oxygen atoms in total. The summed E-state index contributed by atoms with van der Waals surface area (Å²) < 4.78 is 5.89. The standard InChI is InChI=1S/C15H30N2O/c1-2-11-18-14-6-4-9-17(12-14)10-8-13-5-3-7-15(13)16/h13-15H,2-12,16H2,1H3. The van der Waals surface area contributed by atoms with Gasteiger partial charge in [0.1, 0.15) is 0 Å². The van der Waals surface area contributed by atoms with Crippen molar-refractivity contribution in [2.75, 3.05) is 26.2 Å². The second-order valence-corrected chi connectivity index (χ2v) is 6.08. The molecule has 2 N–H and O–H groups in total. The highest BCUT2D eigenvalue weighted by atomic mass is 16.5. The maximum atomic E-state index is 6.14. The molecular weight excluding hydrogens is 224 g/mol. The zero-order valence-electron chi connectivity index (χ0n) is 11.9. The van der Waals surface area contributed by atoms with Gasteiger partial charge in [-0.25, -0.2) is 0 Å². The van der Waals surface area contributed by atoms with Gasteiger partial charge in [-0.1, -0.05) is 13.3 Å². The van der Waals surface area contributed by atoms with E-state index in [4.69, 9.17) is 10.5 Å². The zero-order valence-corrected chi connectivity index (χ0v) is 11.9. The lowest BCUT2D eigenvalue weighted by Gasteiger charge is -2.33. The van der Waals surface area contributed by atoms with E-state index in [0.29, 0.717) is 12.1 Å². The summed E-state index contributed by atoms with van der Waals surface area (Å²) in [7, 11) is 0. The quantitative estimate of drug-likeness (QED) is 0.791. The van der Waals surface area contributed by atoms with Gasteiger partial charge in [-0.05, 0) is 57.5 Å². The smallest absolute Gasteiger partial charge is 0.0702 e. The first-order valence-electron chi connectivity index (χ1n) is 7.89. The second kappa shape index (κ2) is 7.46. The minimum absolute atomic E-state index is 0.474. The fourth-order valence-electron chi connectivity index (χ4n) is 3.41. The Kier molecular flexibility index (Phi) is 5.93. The van der Waals surface area contributed by atoms with Crippen molar-refractivity contribution < 1.29 is 4.74 Å².